The minimum atomic E-state index is -0.798. The van der Waals surface area contributed by atoms with Crippen LogP contribution in [0.3, 0.4) is 0 Å². The quantitative estimate of drug-likeness (QED) is 0.707. The molecule has 0 saturated heterocycles. The smallest absolute Gasteiger partial charge is 0.324 e. The van der Waals surface area contributed by atoms with E-state index in [1.807, 2.05) is 0 Å². The number of nitrogens with one attached hydrogen (secondary N) is 1. The predicted octanol–water partition coefficient (Wildman–Crippen LogP) is 0.404. The van der Waals surface area contributed by atoms with Gasteiger partial charge in [0.2, 0.25) is 5.91 Å². The number of hydrogen-bond donors (Lipinski definition) is 3. The third-order valence-corrected chi connectivity index (χ3v) is 2.42. The number of benzene rings is 1. The molecule has 0 bridgehead atoms. The van der Waals surface area contributed by atoms with E-state index in [9.17, 15) is 14.0 Å². The van der Waals surface area contributed by atoms with Crippen molar-refractivity contribution in [2.75, 3.05) is 11.9 Å². The standard InChI is InChI=1S/C13H12FN5O3/c14-7-1-3-8(4-2-7)22-13-18-9(12(16)21)5-11(19-13)17-6-10(15)20/h1-5H,6H2,(H2,15,20)(H2,16,21)(H,17,18,19). The number of aromatic nitrogens is 2. The number of primary amides is 2. The van der Waals surface area contributed by atoms with Crippen LogP contribution < -0.4 is 21.5 Å². The van der Waals surface area contributed by atoms with Crippen molar-refractivity contribution in [2.45, 2.75) is 0 Å². The van der Waals surface area contributed by atoms with Crippen molar-refractivity contribution < 1.29 is 18.7 Å². The molecule has 1 heterocycles. The number of ether oxygens (including phenoxy) is 1. The normalized spacial score (nSPS) is 10.0. The van der Waals surface area contributed by atoms with E-state index in [2.05, 4.69) is 15.3 Å². The molecule has 9 heteroatoms. The maximum Gasteiger partial charge on any atom is 0.324 e. The van der Waals surface area contributed by atoms with Crippen molar-refractivity contribution >= 4 is 17.6 Å². The van der Waals surface area contributed by atoms with Gasteiger partial charge in [0.15, 0.2) is 0 Å². The highest BCUT2D eigenvalue weighted by Crippen LogP contribution is 2.20. The summed E-state index contributed by atoms with van der Waals surface area (Å²) >= 11 is 0. The SMILES string of the molecule is NC(=O)CNc1cc(C(N)=O)nc(Oc2ccc(F)cc2)n1. The van der Waals surface area contributed by atoms with Gasteiger partial charge in [0, 0.05) is 6.07 Å². The summed E-state index contributed by atoms with van der Waals surface area (Å²) in [6.45, 7) is -0.189. The fraction of sp³-hybridized carbons (Fsp3) is 0.0769. The zero-order valence-corrected chi connectivity index (χ0v) is 11.2. The Labute approximate surface area is 124 Å². The van der Waals surface area contributed by atoms with Crippen molar-refractivity contribution in [1.29, 1.82) is 0 Å². The Kier molecular flexibility index (Phi) is 4.47. The molecule has 114 valence electrons. The molecule has 0 saturated carbocycles. The number of halogens is 1. The van der Waals surface area contributed by atoms with Crippen molar-refractivity contribution in [3.8, 4) is 11.8 Å². The average Bonchev–Trinajstić information content (AvgIpc) is 2.47. The number of carbonyl (C=O) groups excluding carboxylic acids is 2. The molecular formula is C13H12FN5O3. The second-order valence-electron chi connectivity index (χ2n) is 4.16. The largest absolute Gasteiger partial charge is 0.424 e. The average molecular weight is 305 g/mol. The molecule has 0 spiro atoms. The number of hydrogen-bond acceptors (Lipinski definition) is 6. The summed E-state index contributed by atoms with van der Waals surface area (Å²) in [6.07, 6.45) is 0. The molecule has 0 aliphatic carbocycles. The maximum atomic E-state index is 12.8. The molecule has 0 atom stereocenters. The van der Waals surface area contributed by atoms with E-state index in [1.54, 1.807) is 0 Å². The maximum absolute atomic E-state index is 12.8. The minimum Gasteiger partial charge on any atom is -0.424 e. The van der Waals surface area contributed by atoms with Crippen LogP contribution in [-0.4, -0.2) is 28.3 Å². The number of nitrogens with two attached hydrogens (primary N) is 2. The van der Waals surface area contributed by atoms with E-state index >= 15 is 0 Å². The van der Waals surface area contributed by atoms with E-state index in [-0.39, 0.29) is 29.8 Å². The van der Waals surface area contributed by atoms with E-state index in [4.69, 9.17) is 16.2 Å². The van der Waals surface area contributed by atoms with Crippen molar-refractivity contribution in [2.24, 2.45) is 11.5 Å². The zero-order valence-electron chi connectivity index (χ0n) is 11.2. The van der Waals surface area contributed by atoms with Gasteiger partial charge < -0.3 is 21.5 Å². The van der Waals surface area contributed by atoms with Crippen LogP contribution in [0.15, 0.2) is 30.3 Å². The van der Waals surface area contributed by atoms with Crippen LogP contribution in [-0.2, 0) is 4.79 Å². The first-order valence-electron chi connectivity index (χ1n) is 6.08. The highest BCUT2D eigenvalue weighted by Gasteiger charge is 2.11. The second kappa shape index (κ2) is 6.48. The number of nitrogens with zero attached hydrogens (tertiary/aromatic N) is 2. The van der Waals surface area contributed by atoms with Crippen LogP contribution >= 0.6 is 0 Å². The molecule has 8 nitrogen and oxygen atoms in total. The van der Waals surface area contributed by atoms with Gasteiger partial charge in [0.1, 0.15) is 23.1 Å². The predicted molar refractivity (Wildman–Crippen MR) is 74.7 cm³/mol. The third-order valence-electron chi connectivity index (χ3n) is 2.42. The summed E-state index contributed by atoms with van der Waals surface area (Å²) in [5, 5.41) is 2.60. The van der Waals surface area contributed by atoms with E-state index in [1.165, 1.54) is 30.3 Å². The first-order chi connectivity index (χ1) is 10.4. The van der Waals surface area contributed by atoms with Gasteiger partial charge in [-0.05, 0) is 24.3 Å². The summed E-state index contributed by atoms with van der Waals surface area (Å²) in [5.74, 6) is -1.43. The van der Waals surface area contributed by atoms with Gasteiger partial charge >= 0.3 is 6.01 Å². The van der Waals surface area contributed by atoms with Crippen molar-refractivity contribution in [3.05, 3.63) is 41.8 Å². The summed E-state index contributed by atoms with van der Waals surface area (Å²) < 4.78 is 18.2. The molecule has 1 aromatic carbocycles. The Morgan fingerprint density at radius 3 is 2.45 bits per heavy atom. The molecule has 0 aliphatic heterocycles. The number of carbonyl (C=O) groups is 2. The Morgan fingerprint density at radius 1 is 1.18 bits per heavy atom. The van der Waals surface area contributed by atoms with Crippen LogP contribution in [0.1, 0.15) is 10.5 Å². The Morgan fingerprint density at radius 2 is 1.86 bits per heavy atom. The van der Waals surface area contributed by atoms with Gasteiger partial charge in [-0.3, -0.25) is 9.59 Å². The second-order valence-corrected chi connectivity index (χ2v) is 4.16. The van der Waals surface area contributed by atoms with E-state index in [0.717, 1.165) is 0 Å². The monoisotopic (exact) mass is 305 g/mol. The zero-order chi connectivity index (χ0) is 16.1. The molecular weight excluding hydrogens is 293 g/mol. The summed E-state index contributed by atoms with van der Waals surface area (Å²) in [4.78, 5) is 29.8. The molecule has 2 aromatic rings. The molecule has 0 unspecified atom stereocenters. The van der Waals surface area contributed by atoms with Crippen LogP contribution in [0, 0.1) is 5.82 Å². The Bertz CT molecular complexity index is 705. The molecule has 2 amide bonds. The number of rotatable bonds is 6. The van der Waals surface area contributed by atoms with Gasteiger partial charge in [-0.1, -0.05) is 0 Å². The third kappa shape index (κ3) is 4.13. The number of anilines is 1. The first-order valence-corrected chi connectivity index (χ1v) is 6.08. The van der Waals surface area contributed by atoms with Crippen LogP contribution in [0.25, 0.3) is 0 Å². The lowest BCUT2D eigenvalue weighted by Gasteiger charge is -2.08. The topological polar surface area (TPSA) is 133 Å². The molecule has 0 fully saturated rings. The molecule has 0 radical (unpaired) electrons. The van der Waals surface area contributed by atoms with Crippen LogP contribution in [0.5, 0.6) is 11.8 Å². The van der Waals surface area contributed by atoms with Gasteiger partial charge in [-0.2, -0.15) is 9.97 Å². The van der Waals surface area contributed by atoms with Gasteiger partial charge in [0.25, 0.3) is 5.91 Å². The molecule has 5 N–H and O–H groups in total. The van der Waals surface area contributed by atoms with Gasteiger partial charge in [0.05, 0.1) is 6.54 Å². The Balaban J connectivity index is 2.26. The number of amides is 2. The summed E-state index contributed by atoms with van der Waals surface area (Å²) in [7, 11) is 0. The fourth-order valence-corrected chi connectivity index (χ4v) is 1.47. The Hall–Kier alpha value is -3.23. The molecule has 2 rings (SSSR count). The van der Waals surface area contributed by atoms with Crippen molar-refractivity contribution in [1.82, 2.24) is 9.97 Å². The first kappa shape index (κ1) is 15.2. The minimum absolute atomic E-state index is 0.112. The lowest BCUT2D eigenvalue weighted by molar-refractivity contribution is -0.116. The van der Waals surface area contributed by atoms with Crippen LogP contribution in [0.4, 0.5) is 10.2 Å². The highest BCUT2D eigenvalue weighted by atomic mass is 19.1. The summed E-state index contributed by atoms with van der Waals surface area (Å²) in [5.41, 5.74) is 10.1. The molecule has 1 aromatic heterocycles. The highest BCUT2D eigenvalue weighted by molar-refractivity contribution is 5.91. The molecule has 22 heavy (non-hydrogen) atoms. The van der Waals surface area contributed by atoms with E-state index in [0.29, 0.717) is 0 Å². The van der Waals surface area contributed by atoms with E-state index < -0.39 is 17.6 Å². The van der Waals surface area contributed by atoms with Crippen LogP contribution in [0.2, 0.25) is 0 Å². The van der Waals surface area contributed by atoms with Crippen molar-refractivity contribution in [3.63, 3.8) is 0 Å². The fourth-order valence-electron chi connectivity index (χ4n) is 1.47. The molecule has 0 aliphatic rings. The lowest BCUT2D eigenvalue weighted by atomic mass is 10.3. The summed E-state index contributed by atoms with van der Waals surface area (Å²) in [6, 6.07) is 6.19. The van der Waals surface area contributed by atoms with Gasteiger partial charge in [-0.15, -0.1) is 0 Å². The lowest BCUT2D eigenvalue weighted by Crippen LogP contribution is -2.23. The van der Waals surface area contributed by atoms with Gasteiger partial charge in [-0.25, -0.2) is 4.39 Å².